The van der Waals surface area contributed by atoms with Crippen molar-refractivity contribution in [3.63, 3.8) is 0 Å². The summed E-state index contributed by atoms with van der Waals surface area (Å²) in [5, 5.41) is 30.7. The van der Waals surface area contributed by atoms with Gasteiger partial charge in [-0.3, -0.25) is 13.7 Å². The molecule has 0 saturated carbocycles. The van der Waals surface area contributed by atoms with Crippen molar-refractivity contribution in [3.8, 4) is 58.5 Å². The van der Waals surface area contributed by atoms with Gasteiger partial charge in [-0.2, -0.15) is 0 Å². The van der Waals surface area contributed by atoms with Crippen LogP contribution in [0.4, 0.5) is 13.2 Å². The predicted octanol–water partition coefficient (Wildman–Crippen LogP) is 22.8. The third-order valence-electron chi connectivity index (χ3n) is 19.8. The highest BCUT2D eigenvalue weighted by atomic mass is 79.9. The molecular formula is C93H86BrCl6F3N6O12S3. The van der Waals surface area contributed by atoms with E-state index in [1.165, 1.54) is 96.1 Å². The summed E-state index contributed by atoms with van der Waals surface area (Å²) < 4.78 is 80.2. The number of terminal acetylenes is 1. The number of carbonyl (C=O) groups is 3. The topological polar surface area (TPSA) is 221 Å². The van der Waals surface area contributed by atoms with Gasteiger partial charge in [0.05, 0.1) is 142 Å². The van der Waals surface area contributed by atoms with E-state index < -0.39 is 51.6 Å². The quantitative estimate of drug-likeness (QED) is 0.0188. The molecule has 0 amide bonds. The number of imidazole rings is 3. The van der Waals surface area contributed by atoms with Crippen LogP contribution >= 0.6 is 121 Å². The van der Waals surface area contributed by atoms with Crippen molar-refractivity contribution in [2.24, 2.45) is 0 Å². The maximum absolute atomic E-state index is 14.4. The summed E-state index contributed by atoms with van der Waals surface area (Å²) in [6, 6.07) is 47.1. The SMILES string of the molecule is C#CCO.COC(=O)c1cc(CSc2ncc(C(C)(C)c3ccc(Cl)c(Cl)c3)n2-c2ccc(F)c(OC)c2)ccc1Br.COC(=O)c1cc(CSc2ncc(C(C)(C)c3ccc(Cl)c(Cl)c3)n2-c2ccc(F)c(OC)c2)ccc1C#CCO.COC(=O)c1cc(CSc2ncc(C(C)(C)c3ccc(Cl)c(Cl)c3)n2-c2ccc(F)c(OC)c2)ccc1CCCO. The fourth-order valence-electron chi connectivity index (χ4n) is 12.9. The van der Waals surface area contributed by atoms with Crippen molar-refractivity contribution in [2.75, 3.05) is 62.5 Å². The van der Waals surface area contributed by atoms with Crippen LogP contribution in [-0.4, -0.2) is 124 Å². The molecule has 3 heterocycles. The van der Waals surface area contributed by atoms with E-state index in [1.54, 1.807) is 85.2 Å². The number of thioether (sulfide) groups is 3. The van der Waals surface area contributed by atoms with Crippen molar-refractivity contribution in [2.45, 2.75) is 103 Å². The Labute approximate surface area is 769 Å². The van der Waals surface area contributed by atoms with Crippen LogP contribution in [-0.2, 0) is 54.1 Å². The fourth-order valence-corrected chi connectivity index (χ4v) is 17.0. The van der Waals surface area contributed by atoms with Gasteiger partial charge in [0.2, 0.25) is 0 Å². The largest absolute Gasteiger partial charge is 0.494 e. The third-order valence-corrected chi connectivity index (χ3v) is 25.8. The second-order valence-corrected chi connectivity index (χ2v) is 34.8. The Morgan fingerprint density at radius 1 is 0.444 bits per heavy atom. The van der Waals surface area contributed by atoms with E-state index in [2.05, 4.69) is 61.9 Å². The van der Waals surface area contributed by atoms with Gasteiger partial charge in [0.15, 0.2) is 50.2 Å². The molecule has 0 bridgehead atoms. The lowest BCUT2D eigenvalue weighted by Crippen LogP contribution is -2.23. The number of aryl methyl sites for hydroxylation is 1. The molecule has 0 fully saturated rings. The average Bonchev–Trinajstić information content (AvgIpc) is 1.59. The molecule has 0 spiro atoms. The van der Waals surface area contributed by atoms with Gasteiger partial charge in [0.1, 0.15) is 13.2 Å². The minimum absolute atomic E-state index is 0.0377. The number of carbonyl (C=O) groups excluding carboxylic acids is 3. The number of rotatable bonds is 27. The van der Waals surface area contributed by atoms with Crippen LogP contribution in [0, 0.1) is 41.6 Å². The van der Waals surface area contributed by atoms with Gasteiger partial charge in [0, 0.05) is 68.3 Å². The summed E-state index contributed by atoms with van der Waals surface area (Å²) in [5.74, 6) is 6.41. The smallest absolute Gasteiger partial charge is 0.339 e. The zero-order valence-electron chi connectivity index (χ0n) is 69.3. The van der Waals surface area contributed by atoms with E-state index in [0.717, 1.165) is 56.0 Å². The molecule has 12 rings (SSSR count). The third kappa shape index (κ3) is 23.8. The standard InChI is InChI=1S/C31H31Cl2FN2O4S.C31H27Cl2FN2O4S.C28H24BrCl2FN2O3S.C3H4O/c2*1-31(2,21-9-11-24(32)25(33)15-21)28-17-35-30(36(28)22-10-12-26(34)27(16-22)39-3)41-18-19-7-8-20(6-5-13-37)23(14-19)29(38)40-4;1-28(2,17-6-9-21(30)22(31)12-17)25-14-33-27(34(25)18-7-10-23(32)24(13-18)36-3)38-15-16-5-8-20(29)19(11-16)26(35)37-4;1-2-3-4/h7-12,14-17,37H,5-6,13,18H2,1-4H3;7-12,14-17,37H,13,18H2,1-4H3;5-14H,15H2,1-4H3;1,4H,3H2. The van der Waals surface area contributed by atoms with Crippen molar-refractivity contribution in [1.82, 2.24) is 28.7 Å². The number of hydrogen-bond acceptors (Lipinski definition) is 18. The number of esters is 3. The summed E-state index contributed by atoms with van der Waals surface area (Å²) in [5.41, 5.74) is 10.8. The van der Waals surface area contributed by atoms with Crippen LogP contribution < -0.4 is 14.2 Å². The second-order valence-electron chi connectivity index (χ2n) is 28.7. The number of methoxy groups -OCH3 is 6. The molecule has 3 N–H and O–H groups in total. The maximum atomic E-state index is 14.4. The first-order valence-electron chi connectivity index (χ1n) is 37.7. The predicted molar refractivity (Wildman–Crippen MR) is 491 cm³/mol. The summed E-state index contributed by atoms with van der Waals surface area (Å²) in [7, 11) is 8.28. The Hall–Kier alpha value is -9.52. The molecule has 0 saturated heterocycles. The summed E-state index contributed by atoms with van der Waals surface area (Å²) >= 11 is 45.4. The zero-order chi connectivity index (χ0) is 90.5. The van der Waals surface area contributed by atoms with Gasteiger partial charge < -0.3 is 43.7 Å². The molecule has 18 nitrogen and oxygen atoms in total. The first-order chi connectivity index (χ1) is 59.2. The van der Waals surface area contributed by atoms with E-state index in [4.69, 9.17) is 123 Å². The van der Waals surface area contributed by atoms with Gasteiger partial charge in [-0.1, -0.05) is 207 Å². The molecule has 12 aromatic rings. The first kappa shape index (κ1) is 98.3. The molecule has 31 heteroatoms. The highest BCUT2D eigenvalue weighted by molar-refractivity contribution is 9.10. The number of hydrogen-bond donors (Lipinski definition) is 3. The van der Waals surface area contributed by atoms with Crippen LogP contribution in [0.3, 0.4) is 0 Å². The Morgan fingerprint density at radius 3 is 1.12 bits per heavy atom. The van der Waals surface area contributed by atoms with Crippen LogP contribution in [0.2, 0.25) is 30.1 Å². The van der Waals surface area contributed by atoms with E-state index in [0.29, 0.717) is 119 Å². The van der Waals surface area contributed by atoms with Crippen molar-refractivity contribution >= 4 is 139 Å². The van der Waals surface area contributed by atoms with Crippen LogP contribution in [0.15, 0.2) is 202 Å². The normalized spacial score (nSPS) is 11.2. The van der Waals surface area contributed by atoms with Crippen LogP contribution in [0.5, 0.6) is 17.2 Å². The zero-order valence-corrected chi connectivity index (χ0v) is 77.8. The highest BCUT2D eigenvalue weighted by Gasteiger charge is 2.35. The number of nitrogens with zero attached hydrogens (tertiary/aromatic N) is 6. The van der Waals surface area contributed by atoms with Crippen LogP contribution in [0.25, 0.3) is 17.1 Å². The van der Waals surface area contributed by atoms with E-state index in [9.17, 15) is 32.7 Å². The lowest BCUT2D eigenvalue weighted by atomic mass is 9.81. The fraction of sp³-hybridized carbons (Fsp3) is 0.247. The Balaban J connectivity index is 0.000000206. The van der Waals surface area contributed by atoms with Gasteiger partial charge >= 0.3 is 17.9 Å². The monoisotopic (exact) mass is 1920 g/mol. The minimum atomic E-state index is -0.577. The number of ether oxygens (including phenoxy) is 6. The van der Waals surface area contributed by atoms with Crippen LogP contribution in [0.1, 0.15) is 141 Å². The van der Waals surface area contributed by atoms with E-state index in [1.807, 2.05) is 112 Å². The number of aromatic nitrogens is 6. The molecule has 9 aromatic carbocycles. The molecule has 0 aliphatic rings. The van der Waals surface area contributed by atoms with Gasteiger partial charge in [-0.05, 0) is 171 Å². The number of aliphatic hydroxyl groups excluding tert-OH is 3. The Morgan fingerprint density at radius 2 is 0.782 bits per heavy atom. The summed E-state index contributed by atoms with van der Waals surface area (Å²) in [6.45, 7) is 11.9. The Kier molecular flexibility index (Phi) is 35.7. The van der Waals surface area contributed by atoms with Crippen molar-refractivity contribution < 1.29 is 71.3 Å². The molecule has 0 radical (unpaired) electrons. The van der Waals surface area contributed by atoms with Gasteiger partial charge in [-0.15, -0.1) is 6.42 Å². The van der Waals surface area contributed by atoms with Gasteiger partial charge in [0.25, 0.3) is 0 Å². The lowest BCUT2D eigenvalue weighted by Gasteiger charge is -2.28. The summed E-state index contributed by atoms with van der Waals surface area (Å²) in [6.07, 6.45) is 11.0. The number of aliphatic hydroxyl groups is 3. The highest BCUT2D eigenvalue weighted by Crippen LogP contribution is 2.44. The van der Waals surface area contributed by atoms with E-state index >= 15 is 0 Å². The molecule has 0 aliphatic heterocycles. The molecular weight excluding hydrogens is 1840 g/mol. The first-order valence-corrected chi connectivity index (χ1v) is 43.7. The molecule has 3 aromatic heterocycles. The molecule has 648 valence electrons. The second kappa shape index (κ2) is 45.1. The summed E-state index contributed by atoms with van der Waals surface area (Å²) in [4.78, 5) is 51.3. The molecule has 0 atom stereocenters. The minimum Gasteiger partial charge on any atom is -0.494 e. The number of benzene rings is 9. The van der Waals surface area contributed by atoms with E-state index in [-0.39, 0.29) is 37.1 Å². The number of halogens is 10. The Bertz CT molecular complexity index is 5970. The molecule has 124 heavy (non-hydrogen) atoms. The average molecular weight is 1930 g/mol. The lowest BCUT2D eigenvalue weighted by molar-refractivity contribution is 0.0590. The molecule has 0 aliphatic carbocycles. The van der Waals surface area contributed by atoms with Crippen molar-refractivity contribution in [3.05, 3.63) is 313 Å². The molecule has 0 unspecified atom stereocenters. The maximum Gasteiger partial charge on any atom is 0.339 e. The van der Waals surface area contributed by atoms with Gasteiger partial charge in [-0.25, -0.2) is 42.5 Å². The van der Waals surface area contributed by atoms with Crippen molar-refractivity contribution in [1.29, 1.82) is 0 Å².